The zero-order valence-electron chi connectivity index (χ0n) is 15.8. The molecular weight excluding hydrogens is 364 g/mol. The van der Waals surface area contributed by atoms with Crippen LogP contribution >= 0.6 is 11.8 Å². The van der Waals surface area contributed by atoms with Crippen molar-refractivity contribution in [2.45, 2.75) is 51.1 Å². The van der Waals surface area contributed by atoms with Crippen LogP contribution in [0.2, 0.25) is 0 Å². The Kier molecular flexibility index (Phi) is 5.21. The number of amides is 2. The third-order valence-corrected chi connectivity index (χ3v) is 6.47. The summed E-state index contributed by atoms with van der Waals surface area (Å²) in [6.07, 6.45) is 2.84. The molecule has 2 amide bonds. The van der Waals surface area contributed by atoms with Crippen molar-refractivity contribution in [3.63, 3.8) is 0 Å². The number of rotatable bonds is 6. The van der Waals surface area contributed by atoms with Gasteiger partial charge in [0.2, 0.25) is 18.6 Å². The van der Waals surface area contributed by atoms with Crippen molar-refractivity contribution < 1.29 is 19.1 Å². The molecule has 0 radical (unpaired) electrons. The molecule has 2 atom stereocenters. The Morgan fingerprint density at radius 2 is 2.04 bits per heavy atom. The Morgan fingerprint density at radius 1 is 1.26 bits per heavy atom. The lowest BCUT2D eigenvalue weighted by Crippen LogP contribution is -2.50. The molecule has 1 aromatic carbocycles. The molecule has 1 aliphatic carbocycles. The van der Waals surface area contributed by atoms with Crippen LogP contribution in [-0.4, -0.2) is 40.7 Å². The molecule has 2 heterocycles. The summed E-state index contributed by atoms with van der Waals surface area (Å²) in [6.45, 7) is 4.97. The topological polar surface area (TPSA) is 67.9 Å². The van der Waals surface area contributed by atoms with E-state index in [9.17, 15) is 9.59 Å². The number of fused-ring (bicyclic) bond motifs is 1. The minimum absolute atomic E-state index is 0.0691. The van der Waals surface area contributed by atoms with Crippen LogP contribution in [0, 0.1) is 11.8 Å². The molecule has 6 nitrogen and oxygen atoms in total. The van der Waals surface area contributed by atoms with E-state index in [0.717, 1.165) is 30.6 Å². The summed E-state index contributed by atoms with van der Waals surface area (Å²) in [5.74, 6) is 2.82. The standard InChI is InChI=1S/C20H26N2O4S/c1-12(2)7-18-22(20(24)14-4-5-14)15(10-27-18)19(23)21-9-13-3-6-16-17(8-13)26-11-25-16/h3,6,8,12,14-15,18H,4-5,7,9-11H2,1-2H3,(H,21,23). The van der Waals surface area contributed by atoms with E-state index in [1.807, 2.05) is 23.1 Å². The van der Waals surface area contributed by atoms with Gasteiger partial charge in [0.05, 0.1) is 5.37 Å². The first kappa shape index (κ1) is 18.5. The van der Waals surface area contributed by atoms with Crippen molar-refractivity contribution >= 4 is 23.6 Å². The van der Waals surface area contributed by atoms with Crippen LogP contribution < -0.4 is 14.8 Å². The number of hydrogen-bond acceptors (Lipinski definition) is 5. The predicted octanol–water partition coefficient (Wildman–Crippen LogP) is 2.76. The average molecular weight is 391 g/mol. The molecule has 2 fully saturated rings. The molecule has 2 unspecified atom stereocenters. The number of carbonyl (C=O) groups is 2. The van der Waals surface area contributed by atoms with Gasteiger partial charge in [-0.25, -0.2) is 0 Å². The molecule has 27 heavy (non-hydrogen) atoms. The van der Waals surface area contributed by atoms with Gasteiger partial charge in [0.1, 0.15) is 6.04 Å². The second kappa shape index (κ2) is 7.62. The molecule has 0 spiro atoms. The van der Waals surface area contributed by atoms with Crippen molar-refractivity contribution in [2.75, 3.05) is 12.5 Å². The van der Waals surface area contributed by atoms with Gasteiger partial charge in [0.25, 0.3) is 0 Å². The van der Waals surface area contributed by atoms with Gasteiger partial charge >= 0.3 is 0 Å². The Balaban J connectivity index is 1.41. The van der Waals surface area contributed by atoms with Gasteiger partial charge in [-0.1, -0.05) is 19.9 Å². The predicted molar refractivity (Wildman–Crippen MR) is 103 cm³/mol. The van der Waals surface area contributed by atoms with E-state index < -0.39 is 0 Å². The largest absolute Gasteiger partial charge is 0.454 e. The number of nitrogens with zero attached hydrogens (tertiary/aromatic N) is 1. The minimum Gasteiger partial charge on any atom is -0.454 e. The maximum absolute atomic E-state index is 12.9. The Labute approximate surface area is 164 Å². The zero-order chi connectivity index (χ0) is 19.0. The van der Waals surface area contributed by atoms with Gasteiger partial charge in [-0.05, 0) is 42.9 Å². The van der Waals surface area contributed by atoms with E-state index in [4.69, 9.17) is 9.47 Å². The normalized spacial score (nSPS) is 23.7. The average Bonchev–Trinajstić information content (AvgIpc) is 3.25. The first-order chi connectivity index (χ1) is 13.0. The van der Waals surface area contributed by atoms with Gasteiger partial charge < -0.3 is 19.7 Å². The Hall–Kier alpha value is -1.89. The molecule has 1 saturated carbocycles. The van der Waals surface area contributed by atoms with Crippen LogP contribution in [0.5, 0.6) is 11.5 Å². The van der Waals surface area contributed by atoms with E-state index in [2.05, 4.69) is 19.2 Å². The maximum Gasteiger partial charge on any atom is 0.243 e. The summed E-state index contributed by atoms with van der Waals surface area (Å²) in [5, 5.41) is 3.12. The second-order valence-electron chi connectivity index (χ2n) is 7.86. The number of thioether (sulfide) groups is 1. The lowest BCUT2D eigenvalue weighted by molar-refractivity contribution is -0.141. The fourth-order valence-electron chi connectivity index (χ4n) is 3.54. The lowest BCUT2D eigenvalue weighted by Gasteiger charge is -2.30. The van der Waals surface area contributed by atoms with Crippen molar-refractivity contribution in [3.8, 4) is 11.5 Å². The molecular formula is C20H26N2O4S. The lowest BCUT2D eigenvalue weighted by atomic mass is 10.1. The minimum atomic E-state index is -0.374. The van der Waals surface area contributed by atoms with Crippen LogP contribution in [0.15, 0.2) is 18.2 Å². The van der Waals surface area contributed by atoms with Crippen LogP contribution in [0.1, 0.15) is 38.7 Å². The van der Waals surface area contributed by atoms with Crippen molar-refractivity contribution in [2.24, 2.45) is 11.8 Å². The smallest absolute Gasteiger partial charge is 0.243 e. The van der Waals surface area contributed by atoms with Gasteiger partial charge in [-0.3, -0.25) is 9.59 Å². The number of ether oxygens (including phenoxy) is 2. The highest BCUT2D eigenvalue weighted by molar-refractivity contribution is 8.00. The molecule has 1 aromatic rings. The number of carbonyl (C=O) groups excluding carboxylic acids is 2. The van der Waals surface area contributed by atoms with E-state index >= 15 is 0 Å². The SMILES string of the molecule is CC(C)CC1SCC(C(=O)NCc2ccc3c(c2)OCO3)N1C(=O)C1CC1. The summed E-state index contributed by atoms with van der Waals surface area (Å²) in [5.41, 5.74) is 0.956. The highest BCUT2D eigenvalue weighted by Crippen LogP contribution is 2.39. The third kappa shape index (κ3) is 4.03. The summed E-state index contributed by atoms with van der Waals surface area (Å²) >= 11 is 1.73. The summed E-state index contributed by atoms with van der Waals surface area (Å²) < 4.78 is 10.7. The number of benzene rings is 1. The first-order valence-corrected chi connectivity index (χ1v) is 10.7. The van der Waals surface area contributed by atoms with Gasteiger partial charge in [0.15, 0.2) is 11.5 Å². The quantitative estimate of drug-likeness (QED) is 0.809. The summed E-state index contributed by atoms with van der Waals surface area (Å²) in [7, 11) is 0. The van der Waals surface area contributed by atoms with Crippen molar-refractivity contribution in [1.82, 2.24) is 10.2 Å². The molecule has 0 bridgehead atoms. The molecule has 0 aromatic heterocycles. The molecule has 146 valence electrons. The zero-order valence-corrected chi connectivity index (χ0v) is 16.6. The molecule has 2 aliphatic heterocycles. The van der Waals surface area contributed by atoms with Gasteiger partial charge in [-0.15, -0.1) is 11.8 Å². The third-order valence-electron chi connectivity index (χ3n) is 5.15. The van der Waals surface area contributed by atoms with Crippen LogP contribution in [0.25, 0.3) is 0 Å². The van der Waals surface area contributed by atoms with E-state index in [-0.39, 0.29) is 35.9 Å². The summed E-state index contributed by atoms with van der Waals surface area (Å²) in [4.78, 5) is 27.6. The molecule has 3 aliphatic rings. The highest BCUT2D eigenvalue weighted by atomic mass is 32.2. The van der Waals surface area contributed by atoms with Crippen LogP contribution in [0.4, 0.5) is 0 Å². The van der Waals surface area contributed by atoms with Crippen molar-refractivity contribution in [1.29, 1.82) is 0 Å². The second-order valence-corrected chi connectivity index (χ2v) is 9.07. The van der Waals surface area contributed by atoms with Crippen LogP contribution in [-0.2, 0) is 16.1 Å². The number of hydrogen-bond donors (Lipinski definition) is 1. The summed E-state index contributed by atoms with van der Waals surface area (Å²) in [6, 6.07) is 5.30. The fourth-order valence-corrected chi connectivity index (χ4v) is 5.19. The molecule has 1 N–H and O–H groups in total. The van der Waals surface area contributed by atoms with E-state index in [0.29, 0.717) is 24.0 Å². The van der Waals surface area contributed by atoms with E-state index in [1.54, 1.807) is 11.8 Å². The first-order valence-electron chi connectivity index (χ1n) is 9.63. The maximum atomic E-state index is 12.9. The molecule has 1 saturated heterocycles. The van der Waals surface area contributed by atoms with Gasteiger partial charge in [-0.2, -0.15) is 0 Å². The van der Waals surface area contributed by atoms with Gasteiger partial charge in [0, 0.05) is 18.2 Å². The Morgan fingerprint density at radius 3 is 2.78 bits per heavy atom. The number of nitrogens with one attached hydrogen (secondary N) is 1. The molecule has 7 heteroatoms. The monoisotopic (exact) mass is 390 g/mol. The highest BCUT2D eigenvalue weighted by Gasteiger charge is 2.45. The molecule has 4 rings (SSSR count). The van der Waals surface area contributed by atoms with E-state index in [1.165, 1.54) is 0 Å². The fraction of sp³-hybridized carbons (Fsp3) is 0.600. The Bertz CT molecular complexity index is 735. The van der Waals surface area contributed by atoms with Crippen LogP contribution in [0.3, 0.4) is 0 Å². The van der Waals surface area contributed by atoms with Crippen molar-refractivity contribution in [3.05, 3.63) is 23.8 Å².